The minimum absolute atomic E-state index is 0.377. The van der Waals surface area contributed by atoms with E-state index in [0.717, 1.165) is 10.8 Å². The Balaban J connectivity index is 2.03. The summed E-state index contributed by atoms with van der Waals surface area (Å²) in [4.78, 5) is 0. The second kappa shape index (κ2) is 5.59. The van der Waals surface area contributed by atoms with Gasteiger partial charge < -0.3 is 9.84 Å². The Morgan fingerprint density at radius 2 is 1.74 bits per heavy atom. The highest BCUT2D eigenvalue weighted by Crippen LogP contribution is 2.21. The summed E-state index contributed by atoms with van der Waals surface area (Å²) in [5, 5.41) is 11.7. The maximum atomic E-state index is 11.9. The zero-order valence-corrected chi connectivity index (χ0v) is 10.0. The van der Waals surface area contributed by atoms with Crippen LogP contribution in [0.1, 0.15) is 11.7 Å². The third-order valence-corrected chi connectivity index (χ3v) is 2.70. The van der Waals surface area contributed by atoms with E-state index in [0.29, 0.717) is 5.56 Å². The van der Waals surface area contributed by atoms with Gasteiger partial charge in [-0.25, -0.2) is 0 Å². The summed E-state index contributed by atoms with van der Waals surface area (Å²) >= 11 is 0. The van der Waals surface area contributed by atoms with Gasteiger partial charge in [0.15, 0.2) is 0 Å². The quantitative estimate of drug-likeness (QED) is 0.922. The van der Waals surface area contributed by atoms with Crippen LogP contribution < -0.4 is 0 Å². The smallest absolute Gasteiger partial charge is 0.386 e. The van der Waals surface area contributed by atoms with E-state index in [2.05, 4.69) is 4.74 Å². The van der Waals surface area contributed by atoms with E-state index in [9.17, 15) is 18.3 Å². The molecule has 2 rings (SSSR count). The Labute approximate surface area is 108 Å². The van der Waals surface area contributed by atoms with Crippen molar-refractivity contribution in [2.24, 2.45) is 0 Å². The minimum atomic E-state index is -4.37. The lowest BCUT2D eigenvalue weighted by Gasteiger charge is -2.13. The van der Waals surface area contributed by atoms with Crippen LogP contribution in [0.5, 0.6) is 0 Å². The van der Waals surface area contributed by atoms with Crippen LogP contribution in [0.15, 0.2) is 42.5 Å². The van der Waals surface area contributed by atoms with Crippen LogP contribution in [-0.2, 0) is 4.74 Å². The van der Waals surface area contributed by atoms with Gasteiger partial charge in [-0.05, 0) is 22.4 Å². The maximum absolute atomic E-state index is 11.9. The van der Waals surface area contributed by atoms with Crippen LogP contribution in [-0.4, -0.2) is 24.5 Å². The summed E-state index contributed by atoms with van der Waals surface area (Å²) in [5.74, 6) is 0. The molecular formula is C14H13F3O2. The molecule has 0 aliphatic heterocycles. The Morgan fingerprint density at radius 3 is 2.42 bits per heavy atom. The van der Waals surface area contributed by atoms with Gasteiger partial charge in [-0.15, -0.1) is 0 Å². The second-order valence-electron chi connectivity index (χ2n) is 4.25. The van der Waals surface area contributed by atoms with Gasteiger partial charge in [0.2, 0.25) is 0 Å². The van der Waals surface area contributed by atoms with Crippen molar-refractivity contribution in [2.75, 3.05) is 13.2 Å². The Hall–Kier alpha value is -1.59. The minimum Gasteiger partial charge on any atom is -0.386 e. The number of aliphatic hydroxyl groups excluding tert-OH is 1. The van der Waals surface area contributed by atoms with Crippen LogP contribution in [0.4, 0.5) is 13.2 Å². The first-order valence-corrected chi connectivity index (χ1v) is 5.77. The van der Waals surface area contributed by atoms with E-state index in [-0.39, 0.29) is 6.61 Å². The van der Waals surface area contributed by atoms with Gasteiger partial charge in [-0.1, -0.05) is 36.4 Å². The van der Waals surface area contributed by atoms with Crippen molar-refractivity contribution in [3.05, 3.63) is 48.0 Å². The van der Waals surface area contributed by atoms with Crippen molar-refractivity contribution >= 4 is 10.8 Å². The lowest BCUT2D eigenvalue weighted by Crippen LogP contribution is -2.19. The van der Waals surface area contributed by atoms with Gasteiger partial charge >= 0.3 is 6.18 Å². The highest BCUT2D eigenvalue weighted by atomic mass is 19.4. The largest absolute Gasteiger partial charge is 0.411 e. The average molecular weight is 270 g/mol. The molecule has 0 fully saturated rings. The highest BCUT2D eigenvalue weighted by molar-refractivity contribution is 5.83. The number of alkyl halides is 3. The van der Waals surface area contributed by atoms with Crippen LogP contribution in [0.3, 0.4) is 0 Å². The summed E-state index contributed by atoms with van der Waals surface area (Å²) < 4.78 is 40.2. The molecule has 2 aromatic carbocycles. The third kappa shape index (κ3) is 3.94. The van der Waals surface area contributed by atoms with E-state index in [1.807, 2.05) is 30.3 Å². The summed E-state index contributed by atoms with van der Waals surface area (Å²) in [6, 6.07) is 12.8. The van der Waals surface area contributed by atoms with Crippen LogP contribution in [0.25, 0.3) is 10.8 Å². The predicted molar refractivity (Wildman–Crippen MR) is 65.8 cm³/mol. The second-order valence-corrected chi connectivity index (χ2v) is 4.25. The monoisotopic (exact) mass is 270 g/mol. The fourth-order valence-corrected chi connectivity index (χ4v) is 1.80. The van der Waals surface area contributed by atoms with Gasteiger partial charge in [-0.2, -0.15) is 13.2 Å². The molecule has 0 heterocycles. The molecule has 1 atom stereocenters. The number of fused-ring (bicyclic) bond motifs is 1. The topological polar surface area (TPSA) is 29.5 Å². The third-order valence-electron chi connectivity index (χ3n) is 2.70. The summed E-state index contributed by atoms with van der Waals surface area (Å²) in [6.07, 6.45) is -5.43. The van der Waals surface area contributed by atoms with Crippen LogP contribution in [0, 0.1) is 0 Å². The number of aliphatic hydroxyl groups is 1. The number of hydrogen-bond acceptors (Lipinski definition) is 2. The first kappa shape index (κ1) is 13.8. The molecule has 0 saturated heterocycles. The fraction of sp³-hybridized carbons (Fsp3) is 0.286. The Bertz CT molecular complexity index is 552. The lowest BCUT2D eigenvalue weighted by atomic mass is 10.0. The molecule has 0 aliphatic rings. The van der Waals surface area contributed by atoms with Crippen molar-refractivity contribution in [3.8, 4) is 0 Å². The Kier molecular flexibility index (Phi) is 4.07. The van der Waals surface area contributed by atoms with Crippen molar-refractivity contribution in [2.45, 2.75) is 12.3 Å². The number of rotatable bonds is 4. The summed E-state index contributed by atoms with van der Waals surface area (Å²) in [6.45, 7) is -1.73. The molecule has 19 heavy (non-hydrogen) atoms. The van der Waals surface area contributed by atoms with Crippen molar-refractivity contribution in [1.82, 2.24) is 0 Å². The highest BCUT2D eigenvalue weighted by Gasteiger charge is 2.27. The van der Waals surface area contributed by atoms with Gasteiger partial charge in [0, 0.05) is 0 Å². The van der Waals surface area contributed by atoms with Crippen molar-refractivity contribution < 1.29 is 23.0 Å². The first-order chi connectivity index (χ1) is 8.96. The van der Waals surface area contributed by atoms with E-state index >= 15 is 0 Å². The molecule has 5 heteroatoms. The molecule has 1 N–H and O–H groups in total. The van der Waals surface area contributed by atoms with Gasteiger partial charge in [-0.3, -0.25) is 0 Å². The van der Waals surface area contributed by atoms with E-state index in [1.54, 1.807) is 12.1 Å². The van der Waals surface area contributed by atoms with Crippen molar-refractivity contribution in [1.29, 1.82) is 0 Å². The van der Waals surface area contributed by atoms with Gasteiger partial charge in [0.1, 0.15) is 12.7 Å². The number of benzene rings is 2. The number of hydrogen-bond donors (Lipinski definition) is 1. The predicted octanol–water partition coefficient (Wildman–Crippen LogP) is 3.45. The van der Waals surface area contributed by atoms with Crippen molar-refractivity contribution in [3.63, 3.8) is 0 Å². The zero-order chi connectivity index (χ0) is 13.9. The molecule has 1 unspecified atom stereocenters. The normalized spacial score (nSPS) is 13.7. The van der Waals surface area contributed by atoms with E-state index in [1.165, 1.54) is 0 Å². The molecule has 102 valence electrons. The van der Waals surface area contributed by atoms with E-state index < -0.39 is 18.9 Å². The maximum Gasteiger partial charge on any atom is 0.411 e. The SMILES string of the molecule is OC(COCC(F)(F)F)c1ccc2ccccc2c1. The van der Waals surface area contributed by atoms with E-state index in [4.69, 9.17) is 0 Å². The van der Waals surface area contributed by atoms with Gasteiger partial charge in [0.05, 0.1) is 6.61 Å². The molecule has 2 nitrogen and oxygen atoms in total. The summed E-state index contributed by atoms with van der Waals surface area (Å²) in [7, 11) is 0. The molecule has 0 bridgehead atoms. The molecule has 0 radical (unpaired) electrons. The number of halogens is 3. The fourth-order valence-electron chi connectivity index (χ4n) is 1.80. The number of ether oxygens (including phenoxy) is 1. The zero-order valence-electron chi connectivity index (χ0n) is 10.0. The lowest BCUT2D eigenvalue weighted by molar-refractivity contribution is -0.179. The molecule has 0 aromatic heterocycles. The van der Waals surface area contributed by atoms with Crippen LogP contribution >= 0.6 is 0 Å². The molecule has 0 saturated carbocycles. The molecule has 2 aromatic rings. The summed E-state index contributed by atoms with van der Waals surface area (Å²) in [5.41, 5.74) is 0.542. The molecular weight excluding hydrogens is 257 g/mol. The molecule has 0 spiro atoms. The van der Waals surface area contributed by atoms with Gasteiger partial charge in [0.25, 0.3) is 0 Å². The average Bonchev–Trinajstić information content (AvgIpc) is 2.36. The molecule has 0 aliphatic carbocycles. The first-order valence-electron chi connectivity index (χ1n) is 5.77. The standard InChI is InChI=1S/C14H13F3O2/c15-14(16,17)9-19-8-13(18)12-6-5-10-3-1-2-4-11(10)7-12/h1-7,13,18H,8-9H2. The van der Waals surface area contributed by atoms with Crippen LogP contribution in [0.2, 0.25) is 0 Å². The Morgan fingerprint density at radius 1 is 1.05 bits per heavy atom. The molecule has 0 amide bonds.